The number of alkyl carbamates (subject to hydrolysis) is 1. The quantitative estimate of drug-likeness (QED) is 0.130. The van der Waals surface area contributed by atoms with Crippen molar-refractivity contribution < 1.29 is 33.5 Å². The molecule has 5 amide bonds. The Labute approximate surface area is 287 Å². The van der Waals surface area contributed by atoms with E-state index in [1.165, 1.54) is 4.90 Å². The van der Waals surface area contributed by atoms with E-state index >= 15 is 0 Å². The van der Waals surface area contributed by atoms with Gasteiger partial charge in [0.2, 0.25) is 23.5 Å². The summed E-state index contributed by atoms with van der Waals surface area (Å²) in [7, 11) is 0. The molecule has 0 aromatic rings. The summed E-state index contributed by atoms with van der Waals surface area (Å²) in [5.74, 6) is -4.39. The SMILES string of the molecule is C=CCCC(NC(=O)[C@@H]1[C@@H]2[C@H](CN1C(=O)[C@@H](NC(=O)OC(C)(C)C)C1CCCCC1)C2(Cl)Cl)C(=O)C(=O)NCCC(=O)NC(C)(C)C. The first-order chi connectivity index (χ1) is 21.8. The highest BCUT2D eigenvalue weighted by molar-refractivity contribution is 6.51. The maximum absolute atomic E-state index is 14.2. The van der Waals surface area contributed by atoms with E-state index in [4.69, 9.17) is 27.9 Å². The van der Waals surface area contributed by atoms with E-state index in [9.17, 15) is 28.8 Å². The number of alkyl halides is 2. The summed E-state index contributed by atoms with van der Waals surface area (Å²) >= 11 is 13.1. The lowest BCUT2D eigenvalue weighted by atomic mass is 9.83. The number of hydrogen-bond donors (Lipinski definition) is 4. The second kappa shape index (κ2) is 15.6. The van der Waals surface area contributed by atoms with Gasteiger partial charge in [-0.25, -0.2) is 4.79 Å². The van der Waals surface area contributed by atoms with Crippen molar-refractivity contribution >= 4 is 58.7 Å². The van der Waals surface area contributed by atoms with Gasteiger partial charge in [-0.3, -0.25) is 24.0 Å². The fourth-order valence-electron chi connectivity index (χ4n) is 6.42. The van der Waals surface area contributed by atoms with Crippen molar-refractivity contribution in [1.29, 1.82) is 0 Å². The average molecular weight is 701 g/mol. The van der Waals surface area contributed by atoms with E-state index in [0.717, 1.165) is 32.1 Å². The summed E-state index contributed by atoms with van der Waals surface area (Å²) in [6, 6.07) is -3.29. The second-order valence-electron chi connectivity index (χ2n) is 14.9. The number of ketones is 1. The highest BCUT2D eigenvalue weighted by atomic mass is 35.5. The van der Waals surface area contributed by atoms with Crippen LogP contribution in [0.2, 0.25) is 0 Å². The molecule has 5 atom stereocenters. The third kappa shape index (κ3) is 10.6. The molecule has 12 nitrogen and oxygen atoms in total. The Morgan fingerprint density at radius 1 is 1.00 bits per heavy atom. The summed E-state index contributed by atoms with van der Waals surface area (Å²) < 4.78 is 4.22. The van der Waals surface area contributed by atoms with Crippen molar-refractivity contribution in [2.45, 2.75) is 127 Å². The normalized spacial score (nSPS) is 23.4. The van der Waals surface area contributed by atoms with E-state index in [1.807, 2.05) is 20.8 Å². The average Bonchev–Trinajstić information content (AvgIpc) is 3.26. The molecule has 0 aromatic heterocycles. The van der Waals surface area contributed by atoms with Crippen LogP contribution in [0.5, 0.6) is 0 Å². The van der Waals surface area contributed by atoms with Crippen molar-refractivity contribution in [3.8, 4) is 0 Å². The highest BCUT2D eigenvalue weighted by Gasteiger charge is 2.74. The Hall–Kier alpha value is -2.86. The summed E-state index contributed by atoms with van der Waals surface area (Å²) in [5, 5.41) is 10.7. The molecule has 2 saturated carbocycles. The Kier molecular flexibility index (Phi) is 12.8. The molecule has 1 saturated heterocycles. The molecule has 3 rings (SSSR count). The minimum atomic E-state index is -1.25. The van der Waals surface area contributed by atoms with Gasteiger partial charge < -0.3 is 30.9 Å². The van der Waals surface area contributed by atoms with Crippen molar-refractivity contribution in [2.75, 3.05) is 13.1 Å². The minimum absolute atomic E-state index is 0.0325. The topological polar surface area (TPSA) is 163 Å². The number of carbonyl (C=O) groups excluding carboxylic acids is 6. The van der Waals surface area contributed by atoms with Crippen LogP contribution < -0.4 is 21.3 Å². The van der Waals surface area contributed by atoms with E-state index in [2.05, 4.69) is 27.8 Å². The molecule has 0 aromatic carbocycles. The number of carbonyl (C=O) groups is 6. The largest absolute Gasteiger partial charge is 0.444 e. The maximum atomic E-state index is 14.2. The van der Waals surface area contributed by atoms with Gasteiger partial charge in [-0.05, 0) is 73.1 Å². The van der Waals surface area contributed by atoms with Gasteiger partial charge >= 0.3 is 6.09 Å². The molecule has 264 valence electrons. The Morgan fingerprint density at radius 3 is 2.21 bits per heavy atom. The predicted molar refractivity (Wildman–Crippen MR) is 179 cm³/mol. The number of Topliss-reactive ketones (excluding diaryl/α,β-unsaturated/α-hetero) is 1. The molecule has 14 heteroatoms. The molecule has 2 aliphatic carbocycles. The van der Waals surface area contributed by atoms with Crippen molar-refractivity contribution in [3.63, 3.8) is 0 Å². The summed E-state index contributed by atoms with van der Waals surface area (Å²) in [6.45, 7) is 14.4. The second-order valence-corrected chi connectivity index (χ2v) is 16.3. The van der Waals surface area contributed by atoms with E-state index in [0.29, 0.717) is 6.42 Å². The van der Waals surface area contributed by atoms with Gasteiger partial charge in [0.1, 0.15) is 22.0 Å². The molecular weight excluding hydrogens is 649 g/mol. The third-order valence-corrected chi connectivity index (χ3v) is 9.68. The molecular formula is C33H51Cl2N5O7. The number of likely N-dealkylation sites (tertiary alicyclic amines) is 1. The molecule has 4 N–H and O–H groups in total. The number of hydrogen-bond acceptors (Lipinski definition) is 7. The molecule has 3 fully saturated rings. The van der Waals surface area contributed by atoms with Crippen molar-refractivity contribution in [3.05, 3.63) is 12.7 Å². The van der Waals surface area contributed by atoms with Crippen LogP contribution in [0, 0.1) is 17.8 Å². The van der Waals surface area contributed by atoms with Crippen LogP contribution in [0.1, 0.15) is 92.9 Å². The van der Waals surface area contributed by atoms with Gasteiger partial charge in [0.25, 0.3) is 5.91 Å². The lowest BCUT2D eigenvalue weighted by Crippen LogP contribution is -2.60. The molecule has 0 spiro atoms. The standard InChI is InChI=1S/C33H51Cl2N5O7/c1-8-9-15-21(26(42)28(44)36-17-16-22(41)39-31(2,3)4)37-27(43)25-23-20(33(23,34)35)18-40(25)29(45)24(19-13-11-10-12-14-19)38-30(46)47-32(5,6)7/h8,19-21,23-25H,1,9-18H2,2-7H3,(H,36,44)(H,37,43)(H,38,46)(H,39,41)/t20-,21?,23-,24-,25-/m0/s1. The van der Waals surface area contributed by atoms with Gasteiger partial charge in [0.15, 0.2) is 0 Å². The number of piperidine rings is 1. The first-order valence-electron chi connectivity index (χ1n) is 16.5. The monoisotopic (exact) mass is 699 g/mol. The number of ether oxygens (including phenoxy) is 1. The Balaban J connectivity index is 1.77. The predicted octanol–water partition coefficient (Wildman–Crippen LogP) is 3.53. The van der Waals surface area contributed by atoms with E-state index in [1.54, 1.807) is 26.8 Å². The lowest BCUT2D eigenvalue weighted by Gasteiger charge is -2.36. The van der Waals surface area contributed by atoms with Crippen LogP contribution >= 0.6 is 23.2 Å². The molecule has 1 unspecified atom stereocenters. The number of halogens is 2. The zero-order valence-corrected chi connectivity index (χ0v) is 29.9. The van der Waals surface area contributed by atoms with Gasteiger partial charge in [0.05, 0.1) is 6.04 Å². The van der Waals surface area contributed by atoms with Crippen LogP contribution in [0.4, 0.5) is 4.79 Å². The fourth-order valence-corrected chi connectivity index (χ4v) is 7.25. The van der Waals surface area contributed by atoms with Gasteiger partial charge in [-0.1, -0.05) is 25.3 Å². The first kappa shape index (κ1) is 38.6. The summed E-state index contributed by atoms with van der Waals surface area (Å²) in [4.78, 5) is 80.5. The number of amides is 5. The van der Waals surface area contributed by atoms with Crippen LogP contribution in [0.15, 0.2) is 12.7 Å². The summed E-state index contributed by atoms with van der Waals surface area (Å²) in [6.07, 6.45) is 5.49. The van der Waals surface area contributed by atoms with Crippen molar-refractivity contribution in [1.82, 2.24) is 26.2 Å². The number of allylic oxidation sites excluding steroid dienone is 1. The van der Waals surface area contributed by atoms with E-state index < -0.39 is 69.1 Å². The lowest BCUT2D eigenvalue weighted by molar-refractivity contribution is -0.144. The number of rotatable bonds is 13. The Bertz CT molecular complexity index is 1220. The molecule has 3 aliphatic rings. The molecule has 0 bridgehead atoms. The Morgan fingerprint density at radius 2 is 1.64 bits per heavy atom. The van der Waals surface area contributed by atoms with Crippen LogP contribution in [-0.4, -0.2) is 87.1 Å². The maximum Gasteiger partial charge on any atom is 0.408 e. The van der Waals surface area contributed by atoms with Gasteiger partial charge in [-0.15, -0.1) is 29.8 Å². The number of fused-ring (bicyclic) bond motifs is 1. The minimum Gasteiger partial charge on any atom is -0.444 e. The molecule has 1 aliphatic heterocycles. The summed E-state index contributed by atoms with van der Waals surface area (Å²) in [5.41, 5.74) is -1.23. The zero-order chi connectivity index (χ0) is 35.3. The number of nitrogens with one attached hydrogen (secondary N) is 4. The van der Waals surface area contributed by atoms with Gasteiger partial charge in [-0.2, -0.15) is 0 Å². The first-order valence-corrected chi connectivity index (χ1v) is 17.2. The highest BCUT2D eigenvalue weighted by Crippen LogP contribution is 2.65. The molecule has 47 heavy (non-hydrogen) atoms. The van der Waals surface area contributed by atoms with Crippen LogP contribution in [-0.2, 0) is 28.7 Å². The smallest absolute Gasteiger partial charge is 0.408 e. The third-order valence-electron chi connectivity index (χ3n) is 8.61. The van der Waals surface area contributed by atoms with Crippen LogP contribution in [0.3, 0.4) is 0 Å². The molecule has 0 radical (unpaired) electrons. The molecule has 1 heterocycles. The van der Waals surface area contributed by atoms with Crippen molar-refractivity contribution in [2.24, 2.45) is 17.8 Å². The van der Waals surface area contributed by atoms with E-state index in [-0.39, 0.29) is 43.7 Å². The number of nitrogens with zero attached hydrogens (tertiary/aromatic N) is 1. The fraction of sp³-hybridized carbons (Fsp3) is 0.758. The van der Waals surface area contributed by atoms with Crippen LogP contribution in [0.25, 0.3) is 0 Å². The van der Waals surface area contributed by atoms with Gasteiger partial charge in [0, 0.05) is 36.9 Å². The zero-order valence-electron chi connectivity index (χ0n) is 28.4.